The lowest BCUT2D eigenvalue weighted by atomic mass is 10.2. The Balaban J connectivity index is 2.77. The topological polar surface area (TPSA) is 96.7 Å². The molecule has 1 heterocycles. The molecule has 0 aliphatic rings. The van der Waals surface area contributed by atoms with Crippen LogP contribution in [0.15, 0.2) is 11.4 Å². The minimum atomic E-state index is -0.0890. The smallest absolute Gasteiger partial charge is 0.257 e. The second-order valence-corrected chi connectivity index (χ2v) is 3.99. The highest BCUT2D eigenvalue weighted by Gasteiger charge is 2.18. The van der Waals surface area contributed by atoms with Crippen LogP contribution < -0.4 is 5.73 Å². The Hall–Kier alpha value is -2.05. The Bertz CT molecular complexity index is 452. The number of aromatic nitrogens is 2. The summed E-state index contributed by atoms with van der Waals surface area (Å²) < 4.78 is 1.66. The van der Waals surface area contributed by atoms with E-state index in [0.717, 1.165) is 5.69 Å². The van der Waals surface area contributed by atoms with E-state index < -0.39 is 0 Å². The van der Waals surface area contributed by atoms with Crippen molar-refractivity contribution in [2.24, 2.45) is 17.9 Å². The molecule has 1 aromatic rings. The van der Waals surface area contributed by atoms with Crippen molar-refractivity contribution < 1.29 is 10.0 Å². The van der Waals surface area contributed by atoms with Crippen LogP contribution in [0, 0.1) is 6.92 Å². The summed E-state index contributed by atoms with van der Waals surface area (Å²) in [7, 11) is 1.79. The summed E-state index contributed by atoms with van der Waals surface area (Å²) in [5, 5.41) is 15.4. The number of nitrogens with zero attached hydrogens (tertiary/aromatic N) is 4. The molecular formula is C11H19N5O2. The highest BCUT2D eigenvalue weighted by molar-refractivity contribution is 5.95. The molecular weight excluding hydrogens is 234 g/mol. The SMILES string of the molecule is CCN(CC/C(N)=N/O)C(=O)c1cnn(C)c1C. The maximum Gasteiger partial charge on any atom is 0.257 e. The maximum atomic E-state index is 12.2. The highest BCUT2D eigenvalue weighted by Crippen LogP contribution is 2.10. The third kappa shape index (κ3) is 2.99. The molecule has 0 atom stereocenters. The third-order valence-corrected chi connectivity index (χ3v) is 2.90. The second kappa shape index (κ2) is 6.04. The van der Waals surface area contributed by atoms with E-state index in [0.29, 0.717) is 25.1 Å². The molecule has 1 amide bonds. The van der Waals surface area contributed by atoms with E-state index >= 15 is 0 Å². The number of amides is 1. The largest absolute Gasteiger partial charge is 0.409 e. The summed E-state index contributed by atoms with van der Waals surface area (Å²) in [6.45, 7) is 4.71. The number of carbonyl (C=O) groups excluding carboxylic acids is 1. The number of nitrogens with two attached hydrogens (primary N) is 1. The summed E-state index contributed by atoms with van der Waals surface area (Å²) in [5.41, 5.74) is 6.80. The van der Waals surface area contributed by atoms with Gasteiger partial charge in [-0.05, 0) is 13.8 Å². The molecule has 1 aromatic heterocycles. The van der Waals surface area contributed by atoms with Crippen LogP contribution in [0.5, 0.6) is 0 Å². The van der Waals surface area contributed by atoms with Crippen LogP contribution in [0.1, 0.15) is 29.4 Å². The second-order valence-electron chi connectivity index (χ2n) is 3.99. The fourth-order valence-electron chi connectivity index (χ4n) is 1.58. The van der Waals surface area contributed by atoms with Gasteiger partial charge in [0.15, 0.2) is 0 Å². The maximum absolute atomic E-state index is 12.2. The number of hydrogen-bond donors (Lipinski definition) is 2. The average Bonchev–Trinajstić information content (AvgIpc) is 2.70. The molecule has 0 radical (unpaired) electrons. The molecule has 0 aromatic carbocycles. The molecule has 0 unspecified atom stereocenters. The van der Waals surface area contributed by atoms with Crippen LogP contribution in [0.3, 0.4) is 0 Å². The van der Waals surface area contributed by atoms with Crippen molar-refractivity contribution in [3.8, 4) is 0 Å². The first-order chi connectivity index (χ1) is 8.51. The monoisotopic (exact) mass is 253 g/mol. The van der Waals surface area contributed by atoms with Gasteiger partial charge in [0, 0.05) is 32.3 Å². The van der Waals surface area contributed by atoms with Gasteiger partial charge in [0.25, 0.3) is 5.91 Å². The first-order valence-corrected chi connectivity index (χ1v) is 5.75. The van der Waals surface area contributed by atoms with Gasteiger partial charge in [-0.15, -0.1) is 0 Å². The van der Waals surface area contributed by atoms with Gasteiger partial charge in [-0.25, -0.2) is 0 Å². The first kappa shape index (κ1) is 14.0. The quantitative estimate of drug-likeness (QED) is 0.342. The molecule has 0 fully saturated rings. The van der Waals surface area contributed by atoms with Gasteiger partial charge >= 0.3 is 0 Å². The summed E-state index contributed by atoms with van der Waals surface area (Å²) in [6.07, 6.45) is 1.90. The van der Waals surface area contributed by atoms with Crippen LogP contribution in [0.2, 0.25) is 0 Å². The van der Waals surface area contributed by atoms with Crippen molar-refractivity contribution in [2.45, 2.75) is 20.3 Å². The van der Waals surface area contributed by atoms with Gasteiger partial charge < -0.3 is 15.8 Å². The van der Waals surface area contributed by atoms with Gasteiger partial charge in [0.2, 0.25) is 0 Å². The van der Waals surface area contributed by atoms with Gasteiger partial charge in [-0.2, -0.15) is 5.10 Å². The Morgan fingerprint density at radius 2 is 2.33 bits per heavy atom. The van der Waals surface area contributed by atoms with Gasteiger partial charge in [-0.3, -0.25) is 9.48 Å². The number of oxime groups is 1. The number of hydrogen-bond acceptors (Lipinski definition) is 4. The molecule has 7 heteroatoms. The fourth-order valence-corrected chi connectivity index (χ4v) is 1.58. The molecule has 18 heavy (non-hydrogen) atoms. The summed E-state index contributed by atoms with van der Waals surface area (Å²) >= 11 is 0. The van der Waals surface area contributed by atoms with Crippen molar-refractivity contribution >= 4 is 11.7 Å². The normalized spacial score (nSPS) is 11.6. The zero-order chi connectivity index (χ0) is 13.7. The predicted octanol–water partition coefficient (Wildman–Crippen LogP) is 0.327. The van der Waals surface area contributed by atoms with Gasteiger partial charge in [0.05, 0.1) is 11.8 Å². The van der Waals surface area contributed by atoms with Gasteiger partial charge in [0.1, 0.15) is 5.84 Å². The number of amidine groups is 1. The molecule has 0 spiro atoms. The van der Waals surface area contributed by atoms with E-state index in [1.54, 1.807) is 22.8 Å². The Labute approximate surface area is 106 Å². The van der Waals surface area contributed by atoms with E-state index in [9.17, 15) is 4.79 Å². The molecule has 1 rings (SSSR count). The molecule has 0 saturated carbocycles. The predicted molar refractivity (Wildman–Crippen MR) is 67.5 cm³/mol. The number of rotatable bonds is 5. The third-order valence-electron chi connectivity index (χ3n) is 2.90. The van der Waals surface area contributed by atoms with Crippen LogP contribution in [-0.2, 0) is 7.05 Å². The molecule has 100 valence electrons. The Kier molecular flexibility index (Phi) is 4.70. The van der Waals surface area contributed by atoms with Crippen LogP contribution in [0.25, 0.3) is 0 Å². The van der Waals surface area contributed by atoms with E-state index in [2.05, 4.69) is 10.3 Å². The zero-order valence-electron chi connectivity index (χ0n) is 10.9. The first-order valence-electron chi connectivity index (χ1n) is 5.75. The van der Waals surface area contributed by atoms with E-state index in [-0.39, 0.29) is 11.7 Å². The fraction of sp³-hybridized carbons (Fsp3) is 0.545. The lowest BCUT2D eigenvalue weighted by Gasteiger charge is -2.20. The van der Waals surface area contributed by atoms with E-state index in [1.165, 1.54) is 0 Å². The summed E-state index contributed by atoms with van der Waals surface area (Å²) in [6, 6.07) is 0. The van der Waals surface area contributed by atoms with Crippen molar-refractivity contribution in [1.82, 2.24) is 14.7 Å². The lowest BCUT2D eigenvalue weighted by Crippen LogP contribution is -2.34. The average molecular weight is 253 g/mol. The van der Waals surface area contributed by atoms with Gasteiger partial charge in [-0.1, -0.05) is 5.16 Å². The molecule has 0 bridgehead atoms. The van der Waals surface area contributed by atoms with Crippen molar-refractivity contribution in [3.63, 3.8) is 0 Å². The Morgan fingerprint density at radius 3 is 2.78 bits per heavy atom. The van der Waals surface area contributed by atoms with Crippen LogP contribution >= 0.6 is 0 Å². The summed E-state index contributed by atoms with van der Waals surface area (Å²) in [4.78, 5) is 13.9. The highest BCUT2D eigenvalue weighted by atomic mass is 16.4. The molecule has 3 N–H and O–H groups in total. The molecule has 0 aliphatic carbocycles. The number of aryl methyl sites for hydroxylation is 1. The van der Waals surface area contributed by atoms with Crippen molar-refractivity contribution in [2.75, 3.05) is 13.1 Å². The van der Waals surface area contributed by atoms with E-state index in [1.807, 2.05) is 13.8 Å². The summed E-state index contributed by atoms with van der Waals surface area (Å²) in [5.74, 6) is 0.0259. The minimum Gasteiger partial charge on any atom is -0.409 e. The zero-order valence-corrected chi connectivity index (χ0v) is 10.9. The number of carbonyl (C=O) groups is 1. The van der Waals surface area contributed by atoms with Crippen LogP contribution in [-0.4, -0.2) is 44.7 Å². The minimum absolute atomic E-state index is 0.0890. The van der Waals surface area contributed by atoms with Crippen molar-refractivity contribution in [3.05, 3.63) is 17.5 Å². The van der Waals surface area contributed by atoms with E-state index in [4.69, 9.17) is 10.9 Å². The molecule has 0 saturated heterocycles. The van der Waals surface area contributed by atoms with Crippen molar-refractivity contribution in [1.29, 1.82) is 0 Å². The van der Waals surface area contributed by atoms with Crippen LogP contribution in [0.4, 0.5) is 0 Å². The molecule has 0 aliphatic heterocycles. The molecule has 7 nitrogen and oxygen atoms in total. The lowest BCUT2D eigenvalue weighted by molar-refractivity contribution is 0.0767. The Morgan fingerprint density at radius 1 is 1.67 bits per heavy atom. The standard InChI is InChI=1S/C11H19N5O2/c1-4-16(6-5-10(12)14-18)11(17)9-7-13-15(3)8(9)2/h7,18H,4-6H2,1-3H3,(H2,12,14).